The number of methoxy groups -OCH3 is 2. The highest BCUT2D eigenvalue weighted by Crippen LogP contribution is 2.33. The number of pyridine rings is 3. The molecule has 4 heterocycles. The molecule has 4 aromatic heterocycles. The topological polar surface area (TPSA) is 112 Å². The molecule has 9 nitrogen and oxygen atoms in total. The molecular weight excluding hydrogens is 477 g/mol. The summed E-state index contributed by atoms with van der Waals surface area (Å²) in [6.07, 6.45) is 3.39. The van der Waals surface area contributed by atoms with Crippen LogP contribution < -0.4 is 14.8 Å². The third kappa shape index (κ3) is 4.81. The molecule has 5 rings (SSSR count). The number of amides is 1. The average Bonchev–Trinajstić information content (AvgIpc) is 3.35. The first-order chi connectivity index (χ1) is 18.0. The zero-order valence-electron chi connectivity index (χ0n) is 20.3. The van der Waals surface area contributed by atoms with Gasteiger partial charge < -0.3 is 19.3 Å². The molecule has 0 aliphatic heterocycles. The van der Waals surface area contributed by atoms with Crippen LogP contribution in [0, 0.1) is 12.7 Å². The molecule has 0 saturated carbocycles. The van der Waals surface area contributed by atoms with Crippen LogP contribution in [0.5, 0.6) is 11.6 Å². The molecular formula is C27H22FN5O4. The highest BCUT2D eigenvalue weighted by Gasteiger charge is 2.22. The first kappa shape index (κ1) is 23.9. The fourth-order valence-corrected chi connectivity index (χ4v) is 3.91. The standard InChI is InChI=1S/C27H22FN5O4/c1-15-10-17(13-29-12-15)21-11-20(26(34)30-14-19-8-9-22(35-2)27(31-19)36-3)23-24(37-33-25(23)32-21)16-4-6-18(28)7-5-16/h4-13H,14H2,1-3H3,(H,30,34). The second-order valence-corrected chi connectivity index (χ2v) is 8.22. The van der Waals surface area contributed by atoms with Crippen molar-refractivity contribution in [2.24, 2.45) is 0 Å². The summed E-state index contributed by atoms with van der Waals surface area (Å²) in [4.78, 5) is 26.8. The molecule has 186 valence electrons. The van der Waals surface area contributed by atoms with Crippen molar-refractivity contribution >= 4 is 16.9 Å². The first-order valence-electron chi connectivity index (χ1n) is 11.3. The number of nitrogens with zero attached hydrogens (tertiary/aromatic N) is 4. The maximum absolute atomic E-state index is 13.5. The van der Waals surface area contributed by atoms with Crippen molar-refractivity contribution in [3.05, 3.63) is 83.6 Å². The Balaban J connectivity index is 1.57. The molecule has 0 fully saturated rings. The van der Waals surface area contributed by atoms with Crippen molar-refractivity contribution < 1.29 is 23.2 Å². The minimum Gasteiger partial charge on any atom is -0.491 e. The molecule has 0 aliphatic carbocycles. The summed E-state index contributed by atoms with van der Waals surface area (Å²) in [5.74, 6) is 0.328. The molecule has 0 aliphatic rings. The number of ether oxygens (including phenoxy) is 2. The van der Waals surface area contributed by atoms with Gasteiger partial charge in [0.15, 0.2) is 11.5 Å². The Hall–Kier alpha value is -4.86. The minimum absolute atomic E-state index is 0.126. The number of carbonyl (C=O) groups excluding carboxylic acids is 1. The van der Waals surface area contributed by atoms with Crippen molar-refractivity contribution in [3.63, 3.8) is 0 Å². The normalized spacial score (nSPS) is 10.9. The van der Waals surface area contributed by atoms with E-state index in [9.17, 15) is 9.18 Å². The van der Waals surface area contributed by atoms with Crippen LogP contribution in [0.2, 0.25) is 0 Å². The summed E-state index contributed by atoms with van der Waals surface area (Å²) < 4.78 is 29.6. The molecule has 37 heavy (non-hydrogen) atoms. The van der Waals surface area contributed by atoms with Gasteiger partial charge in [-0.05, 0) is 61.0 Å². The van der Waals surface area contributed by atoms with Gasteiger partial charge in [0.1, 0.15) is 5.82 Å². The third-order valence-corrected chi connectivity index (χ3v) is 5.70. The number of benzene rings is 1. The number of aryl methyl sites for hydroxylation is 1. The molecule has 0 bridgehead atoms. The maximum atomic E-state index is 13.5. The molecule has 0 radical (unpaired) electrons. The molecule has 0 spiro atoms. The monoisotopic (exact) mass is 499 g/mol. The van der Waals surface area contributed by atoms with Crippen molar-refractivity contribution in [2.45, 2.75) is 13.5 Å². The second kappa shape index (κ2) is 10.0. The number of nitrogens with one attached hydrogen (secondary N) is 1. The number of rotatable bonds is 7. The van der Waals surface area contributed by atoms with Gasteiger partial charge in [0.2, 0.25) is 5.65 Å². The zero-order valence-corrected chi connectivity index (χ0v) is 20.3. The smallest absolute Gasteiger partial charge is 0.257 e. The number of aromatic nitrogens is 4. The van der Waals surface area contributed by atoms with Crippen molar-refractivity contribution in [2.75, 3.05) is 14.2 Å². The van der Waals surface area contributed by atoms with Gasteiger partial charge in [0, 0.05) is 23.5 Å². The van der Waals surface area contributed by atoms with Gasteiger partial charge >= 0.3 is 0 Å². The lowest BCUT2D eigenvalue weighted by atomic mass is 10.0. The molecule has 5 aromatic rings. The van der Waals surface area contributed by atoms with Gasteiger partial charge in [-0.15, -0.1) is 0 Å². The second-order valence-electron chi connectivity index (χ2n) is 8.22. The Morgan fingerprint density at radius 2 is 1.81 bits per heavy atom. The highest BCUT2D eigenvalue weighted by atomic mass is 19.1. The van der Waals surface area contributed by atoms with Gasteiger partial charge in [0.25, 0.3) is 11.8 Å². The Bertz CT molecular complexity index is 1600. The lowest BCUT2D eigenvalue weighted by Crippen LogP contribution is -2.24. The van der Waals surface area contributed by atoms with E-state index in [4.69, 9.17) is 14.0 Å². The summed E-state index contributed by atoms with van der Waals surface area (Å²) in [5.41, 5.74) is 3.85. The summed E-state index contributed by atoms with van der Waals surface area (Å²) >= 11 is 0. The first-order valence-corrected chi connectivity index (χ1v) is 11.3. The van der Waals surface area contributed by atoms with E-state index >= 15 is 0 Å². The lowest BCUT2D eigenvalue weighted by molar-refractivity contribution is 0.0952. The molecule has 0 saturated heterocycles. The number of hydrogen-bond donors (Lipinski definition) is 1. The van der Waals surface area contributed by atoms with Crippen LogP contribution in [0.25, 0.3) is 33.6 Å². The predicted molar refractivity (Wildman–Crippen MR) is 134 cm³/mol. The van der Waals surface area contributed by atoms with E-state index in [2.05, 4.69) is 25.4 Å². The van der Waals surface area contributed by atoms with E-state index in [-0.39, 0.29) is 18.0 Å². The van der Waals surface area contributed by atoms with Crippen LogP contribution in [0.3, 0.4) is 0 Å². The Morgan fingerprint density at radius 1 is 1.00 bits per heavy atom. The Labute approximate surface area is 211 Å². The largest absolute Gasteiger partial charge is 0.491 e. The SMILES string of the molecule is COc1ccc(CNC(=O)c2cc(-c3cncc(C)c3)nc3noc(-c4ccc(F)cc4)c23)nc1OC. The third-order valence-electron chi connectivity index (χ3n) is 5.70. The quantitative estimate of drug-likeness (QED) is 0.342. The van der Waals surface area contributed by atoms with Crippen molar-refractivity contribution in [1.82, 2.24) is 25.4 Å². The van der Waals surface area contributed by atoms with Gasteiger partial charge in [0.05, 0.1) is 43.1 Å². The van der Waals surface area contributed by atoms with Crippen LogP contribution in [0.15, 0.2) is 65.4 Å². The fraction of sp³-hybridized carbons (Fsp3) is 0.148. The fourth-order valence-electron chi connectivity index (χ4n) is 3.91. The van der Waals surface area contributed by atoms with Gasteiger partial charge in [-0.2, -0.15) is 0 Å². The van der Waals surface area contributed by atoms with Crippen molar-refractivity contribution in [3.8, 4) is 34.2 Å². The Morgan fingerprint density at radius 3 is 2.54 bits per heavy atom. The van der Waals surface area contributed by atoms with Crippen LogP contribution in [0.4, 0.5) is 4.39 Å². The van der Waals surface area contributed by atoms with Crippen LogP contribution in [-0.2, 0) is 6.54 Å². The van der Waals surface area contributed by atoms with Crippen LogP contribution >= 0.6 is 0 Å². The van der Waals surface area contributed by atoms with E-state index in [1.54, 1.807) is 42.7 Å². The number of hydrogen-bond acceptors (Lipinski definition) is 8. The average molecular weight is 500 g/mol. The Kier molecular flexibility index (Phi) is 6.46. The summed E-state index contributed by atoms with van der Waals surface area (Å²) in [5, 5.41) is 7.41. The molecule has 10 heteroatoms. The van der Waals surface area contributed by atoms with E-state index in [0.29, 0.717) is 45.3 Å². The van der Waals surface area contributed by atoms with Crippen LogP contribution in [0.1, 0.15) is 21.6 Å². The van der Waals surface area contributed by atoms with Crippen molar-refractivity contribution in [1.29, 1.82) is 0 Å². The van der Waals surface area contributed by atoms with E-state index in [1.807, 2.05) is 13.0 Å². The lowest BCUT2D eigenvalue weighted by Gasteiger charge is -2.11. The van der Waals surface area contributed by atoms with E-state index in [0.717, 1.165) is 11.1 Å². The highest BCUT2D eigenvalue weighted by molar-refractivity contribution is 6.10. The van der Waals surface area contributed by atoms with E-state index < -0.39 is 5.91 Å². The van der Waals surface area contributed by atoms with E-state index in [1.165, 1.54) is 26.4 Å². The summed E-state index contributed by atoms with van der Waals surface area (Å²) in [6, 6.07) is 12.8. The zero-order chi connectivity index (χ0) is 25.9. The number of fused-ring (bicyclic) bond motifs is 1. The number of halogens is 1. The summed E-state index contributed by atoms with van der Waals surface area (Å²) in [6.45, 7) is 2.04. The molecule has 1 aromatic carbocycles. The predicted octanol–water partition coefficient (Wildman–Crippen LogP) is 4.74. The molecule has 1 N–H and O–H groups in total. The molecule has 1 amide bonds. The van der Waals surface area contributed by atoms with Gasteiger partial charge in [-0.25, -0.2) is 14.4 Å². The minimum atomic E-state index is -0.391. The summed E-state index contributed by atoms with van der Waals surface area (Å²) in [7, 11) is 3.01. The van der Waals surface area contributed by atoms with Crippen LogP contribution in [-0.4, -0.2) is 40.2 Å². The molecule has 0 unspecified atom stereocenters. The van der Waals surface area contributed by atoms with Gasteiger partial charge in [-0.3, -0.25) is 9.78 Å². The maximum Gasteiger partial charge on any atom is 0.257 e. The molecule has 0 atom stereocenters. The number of carbonyl (C=O) groups is 1. The van der Waals surface area contributed by atoms with Gasteiger partial charge in [-0.1, -0.05) is 5.16 Å².